The fraction of sp³-hybridized carbons (Fsp3) is 0.250. The third-order valence-corrected chi connectivity index (χ3v) is 6.35. The summed E-state index contributed by atoms with van der Waals surface area (Å²) in [7, 11) is 0. The van der Waals surface area contributed by atoms with Crippen LogP contribution in [0.15, 0.2) is 66.7 Å². The molecular formula is C28H27ClF3N3O5. The SMILES string of the molecule is Cc1cccc(N2CCN(c3ccc(NC(=O)c4cccc(Cl)c4)cc3C(=O)O)CC2C)c1.O=C(O)C(F)(F)F. The second kappa shape index (κ2) is 12.7. The van der Waals surface area contributed by atoms with Crippen LogP contribution in [-0.4, -0.2) is 59.9 Å². The quantitative estimate of drug-likeness (QED) is 0.344. The molecule has 40 heavy (non-hydrogen) atoms. The molecule has 4 rings (SSSR count). The van der Waals surface area contributed by atoms with Gasteiger partial charge in [0.25, 0.3) is 5.91 Å². The summed E-state index contributed by atoms with van der Waals surface area (Å²) in [5.74, 6) is -4.13. The van der Waals surface area contributed by atoms with Crippen LogP contribution in [0.3, 0.4) is 0 Å². The number of carbonyl (C=O) groups is 3. The van der Waals surface area contributed by atoms with E-state index in [1.165, 1.54) is 17.3 Å². The Morgan fingerprint density at radius 2 is 1.65 bits per heavy atom. The molecule has 8 nitrogen and oxygen atoms in total. The standard InChI is InChI=1S/C26H26ClN3O3.C2HF3O2/c1-17-5-3-8-22(13-17)30-12-11-29(16-18(30)2)24-10-9-21(15-23(24)26(32)33)28-25(31)19-6-4-7-20(27)14-19;3-2(4,5)1(6)7/h3-10,13-15,18H,11-12,16H2,1-2H3,(H,28,31)(H,32,33);(H,6,7). The highest BCUT2D eigenvalue weighted by molar-refractivity contribution is 6.31. The van der Waals surface area contributed by atoms with E-state index in [9.17, 15) is 27.9 Å². The number of carbonyl (C=O) groups excluding carboxylic acids is 1. The lowest BCUT2D eigenvalue weighted by atomic mass is 10.1. The van der Waals surface area contributed by atoms with Gasteiger partial charge in [0, 0.05) is 47.6 Å². The third kappa shape index (κ3) is 7.89. The zero-order valence-corrected chi connectivity index (χ0v) is 22.3. The molecule has 0 bridgehead atoms. The van der Waals surface area contributed by atoms with Crippen molar-refractivity contribution in [3.8, 4) is 0 Å². The van der Waals surface area contributed by atoms with Crippen molar-refractivity contribution in [3.63, 3.8) is 0 Å². The molecule has 1 fully saturated rings. The number of hydrogen-bond acceptors (Lipinski definition) is 5. The van der Waals surface area contributed by atoms with Gasteiger partial charge >= 0.3 is 18.1 Å². The summed E-state index contributed by atoms with van der Waals surface area (Å²) in [4.78, 5) is 37.9. The van der Waals surface area contributed by atoms with Crippen LogP contribution in [0.25, 0.3) is 0 Å². The molecule has 1 atom stereocenters. The van der Waals surface area contributed by atoms with Crippen LogP contribution in [0.2, 0.25) is 5.02 Å². The molecule has 0 radical (unpaired) electrons. The topological polar surface area (TPSA) is 110 Å². The normalized spacial score (nSPS) is 15.1. The number of hydrogen-bond donors (Lipinski definition) is 3. The number of alkyl halides is 3. The first-order valence-corrected chi connectivity index (χ1v) is 12.5. The number of piperazine rings is 1. The van der Waals surface area contributed by atoms with Crippen LogP contribution in [0.5, 0.6) is 0 Å². The van der Waals surface area contributed by atoms with Gasteiger partial charge in [-0.3, -0.25) is 4.79 Å². The summed E-state index contributed by atoms with van der Waals surface area (Å²) in [6, 6.07) is 20.3. The molecule has 0 spiro atoms. The van der Waals surface area contributed by atoms with E-state index in [0.717, 1.165) is 6.54 Å². The predicted molar refractivity (Wildman–Crippen MR) is 147 cm³/mol. The molecule has 0 aliphatic carbocycles. The van der Waals surface area contributed by atoms with Gasteiger partial charge in [-0.05, 0) is 67.9 Å². The van der Waals surface area contributed by atoms with E-state index in [2.05, 4.69) is 53.2 Å². The number of nitrogens with one attached hydrogen (secondary N) is 1. The Bertz CT molecular complexity index is 1400. The monoisotopic (exact) mass is 577 g/mol. The predicted octanol–water partition coefficient (Wildman–Crippen LogP) is 5.95. The van der Waals surface area contributed by atoms with E-state index in [1.807, 2.05) is 0 Å². The van der Waals surface area contributed by atoms with E-state index >= 15 is 0 Å². The molecule has 3 N–H and O–H groups in total. The molecule has 212 valence electrons. The average Bonchev–Trinajstić information content (AvgIpc) is 2.88. The molecule has 0 saturated carbocycles. The Morgan fingerprint density at radius 3 is 2.23 bits per heavy atom. The Kier molecular flexibility index (Phi) is 9.65. The fourth-order valence-electron chi connectivity index (χ4n) is 4.26. The van der Waals surface area contributed by atoms with Gasteiger partial charge in [0.2, 0.25) is 0 Å². The van der Waals surface area contributed by atoms with Crippen molar-refractivity contribution in [2.45, 2.75) is 26.1 Å². The number of nitrogens with zero attached hydrogens (tertiary/aromatic N) is 2. The highest BCUT2D eigenvalue weighted by Crippen LogP contribution is 2.29. The first kappa shape index (κ1) is 30.3. The maximum atomic E-state index is 12.5. The van der Waals surface area contributed by atoms with E-state index in [-0.39, 0.29) is 17.5 Å². The summed E-state index contributed by atoms with van der Waals surface area (Å²) >= 11 is 5.97. The minimum Gasteiger partial charge on any atom is -0.478 e. The maximum Gasteiger partial charge on any atom is 0.490 e. The number of carboxylic acids is 2. The number of benzene rings is 3. The van der Waals surface area contributed by atoms with Gasteiger partial charge in [0.15, 0.2) is 0 Å². The Balaban J connectivity index is 0.000000559. The molecule has 3 aromatic rings. The Labute approximate surface area is 233 Å². The lowest BCUT2D eigenvalue weighted by Crippen LogP contribution is -2.52. The van der Waals surface area contributed by atoms with E-state index in [4.69, 9.17) is 21.5 Å². The van der Waals surface area contributed by atoms with Crippen molar-refractivity contribution in [1.82, 2.24) is 0 Å². The van der Waals surface area contributed by atoms with Gasteiger partial charge in [0.05, 0.1) is 11.3 Å². The first-order chi connectivity index (χ1) is 18.8. The van der Waals surface area contributed by atoms with E-state index in [0.29, 0.717) is 35.1 Å². The number of halogens is 4. The molecule has 1 aliphatic heterocycles. The number of carboxylic acid groups (broad SMARTS) is 2. The van der Waals surface area contributed by atoms with Crippen LogP contribution in [0, 0.1) is 6.92 Å². The molecule has 1 heterocycles. The number of aryl methyl sites for hydroxylation is 1. The van der Waals surface area contributed by atoms with Gasteiger partial charge < -0.3 is 25.3 Å². The molecule has 1 unspecified atom stereocenters. The van der Waals surface area contributed by atoms with Crippen molar-refractivity contribution in [2.24, 2.45) is 0 Å². The molecular weight excluding hydrogens is 551 g/mol. The van der Waals surface area contributed by atoms with Crippen LogP contribution in [0.4, 0.5) is 30.2 Å². The second-order valence-corrected chi connectivity index (χ2v) is 9.57. The first-order valence-electron chi connectivity index (χ1n) is 12.1. The number of anilines is 3. The van der Waals surface area contributed by atoms with Gasteiger partial charge in [-0.2, -0.15) is 13.2 Å². The van der Waals surface area contributed by atoms with Crippen LogP contribution in [-0.2, 0) is 4.79 Å². The molecule has 0 aromatic heterocycles. The van der Waals surface area contributed by atoms with Gasteiger partial charge in [0.1, 0.15) is 0 Å². The number of aliphatic carboxylic acids is 1. The van der Waals surface area contributed by atoms with Crippen molar-refractivity contribution < 1.29 is 37.8 Å². The van der Waals surface area contributed by atoms with Gasteiger partial charge in [-0.25, -0.2) is 9.59 Å². The number of rotatable bonds is 5. The number of amides is 1. The van der Waals surface area contributed by atoms with Crippen LogP contribution >= 0.6 is 11.6 Å². The minimum absolute atomic E-state index is 0.162. The third-order valence-electron chi connectivity index (χ3n) is 6.12. The molecule has 1 amide bonds. The van der Waals surface area contributed by atoms with Gasteiger partial charge in [-0.1, -0.05) is 29.8 Å². The maximum absolute atomic E-state index is 12.5. The highest BCUT2D eigenvalue weighted by atomic mass is 35.5. The fourth-order valence-corrected chi connectivity index (χ4v) is 4.45. The van der Waals surface area contributed by atoms with Crippen molar-refractivity contribution in [2.75, 3.05) is 34.8 Å². The lowest BCUT2D eigenvalue weighted by molar-refractivity contribution is -0.192. The highest BCUT2D eigenvalue weighted by Gasteiger charge is 2.38. The van der Waals surface area contributed by atoms with Crippen molar-refractivity contribution in [3.05, 3.63) is 88.4 Å². The Hall–Kier alpha value is -4.25. The van der Waals surface area contributed by atoms with Gasteiger partial charge in [-0.15, -0.1) is 0 Å². The molecule has 1 saturated heterocycles. The molecule has 1 aliphatic rings. The van der Waals surface area contributed by atoms with Crippen LogP contribution < -0.4 is 15.1 Å². The summed E-state index contributed by atoms with van der Waals surface area (Å²) in [5.41, 5.74) is 4.04. The summed E-state index contributed by atoms with van der Waals surface area (Å²) in [6.07, 6.45) is -5.08. The largest absolute Gasteiger partial charge is 0.490 e. The van der Waals surface area contributed by atoms with Crippen LogP contribution in [0.1, 0.15) is 33.2 Å². The summed E-state index contributed by atoms with van der Waals surface area (Å²) in [5, 5.41) is 20.2. The van der Waals surface area contributed by atoms with Crippen molar-refractivity contribution in [1.29, 1.82) is 0 Å². The summed E-state index contributed by atoms with van der Waals surface area (Å²) < 4.78 is 31.7. The van der Waals surface area contributed by atoms with E-state index in [1.54, 1.807) is 36.4 Å². The minimum atomic E-state index is -5.08. The van der Waals surface area contributed by atoms with E-state index < -0.39 is 18.1 Å². The van der Waals surface area contributed by atoms with Crippen molar-refractivity contribution >= 4 is 46.5 Å². The molecule has 12 heteroatoms. The summed E-state index contributed by atoms with van der Waals surface area (Å²) in [6.45, 7) is 6.41. The smallest absolute Gasteiger partial charge is 0.478 e. The Morgan fingerprint density at radius 1 is 0.975 bits per heavy atom. The second-order valence-electron chi connectivity index (χ2n) is 9.13. The number of aromatic carboxylic acids is 1. The molecule has 3 aromatic carbocycles. The lowest BCUT2D eigenvalue weighted by Gasteiger charge is -2.42. The average molecular weight is 578 g/mol. The zero-order valence-electron chi connectivity index (χ0n) is 21.6. The zero-order chi connectivity index (χ0) is 29.6.